The number of hydrogen-bond donors (Lipinski definition) is 1. The van der Waals surface area contributed by atoms with Crippen molar-refractivity contribution >= 4 is 0 Å². The van der Waals surface area contributed by atoms with Gasteiger partial charge in [0.2, 0.25) is 0 Å². The Kier molecular flexibility index (Phi) is 6.74. The van der Waals surface area contributed by atoms with Crippen LogP contribution in [0.1, 0.15) is 67.7 Å². The Labute approximate surface area is 134 Å². The van der Waals surface area contributed by atoms with E-state index in [0.717, 1.165) is 17.8 Å². The third kappa shape index (κ3) is 4.01. The van der Waals surface area contributed by atoms with E-state index >= 15 is 0 Å². The van der Waals surface area contributed by atoms with Crippen molar-refractivity contribution in [2.45, 2.75) is 85.9 Å². The zero-order valence-electron chi connectivity index (χ0n) is 16.0. The molecule has 0 aromatic heterocycles. The Morgan fingerprint density at radius 2 is 1.48 bits per heavy atom. The summed E-state index contributed by atoms with van der Waals surface area (Å²) in [6, 6.07) is 1.99. The maximum atomic E-state index is 3.43. The largest absolute Gasteiger partial charge is 0.317 e. The van der Waals surface area contributed by atoms with Crippen LogP contribution in [0.25, 0.3) is 0 Å². The summed E-state index contributed by atoms with van der Waals surface area (Å²) in [6.45, 7) is 17.2. The van der Waals surface area contributed by atoms with E-state index in [2.05, 4.69) is 72.8 Å². The van der Waals surface area contributed by atoms with Gasteiger partial charge in [-0.15, -0.1) is 0 Å². The molecule has 0 amide bonds. The number of rotatable bonds is 4. The normalized spacial score (nSPS) is 42.1. The van der Waals surface area contributed by atoms with Gasteiger partial charge in [-0.2, -0.15) is 0 Å². The summed E-state index contributed by atoms with van der Waals surface area (Å²) in [7, 11) is 4.40. The molecule has 2 nitrogen and oxygen atoms in total. The smallest absolute Gasteiger partial charge is 0.00694 e. The summed E-state index contributed by atoms with van der Waals surface area (Å²) in [5, 5.41) is 3.43. The molecule has 1 heterocycles. The first-order chi connectivity index (χ1) is 9.64. The summed E-state index contributed by atoms with van der Waals surface area (Å²) in [5.41, 5.74) is 0.439. The molecule has 1 fully saturated rings. The second kappa shape index (κ2) is 7.46. The van der Waals surface area contributed by atoms with Crippen LogP contribution in [0.15, 0.2) is 0 Å². The predicted octanol–water partition coefficient (Wildman–Crippen LogP) is 4.40. The van der Waals surface area contributed by atoms with Gasteiger partial charge in [-0.1, -0.05) is 27.7 Å². The molecule has 0 spiro atoms. The molecule has 0 aliphatic carbocycles. The van der Waals surface area contributed by atoms with Crippen molar-refractivity contribution in [1.82, 2.24) is 10.2 Å². The van der Waals surface area contributed by atoms with Crippen molar-refractivity contribution in [3.8, 4) is 0 Å². The van der Waals surface area contributed by atoms with Gasteiger partial charge in [0.05, 0.1) is 0 Å². The molecular formula is C19H40N2. The highest BCUT2D eigenvalue weighted by Crippen LogP contribution is 2.49. The Hall–Kier alpha value is -0.0800. The van der Waals surface area contributed by atoms with Crippen molar-refractivity contribution in [3.63, 3.8) is 0 Å². The van der Waals surface area contributed by atoms with Gasteiger partial charge >= 0.3 is 0 Å². The van der Waals surface area contributed by atoms with Crippen molar-refractivity contribution in [1.29, 1.82) is 0 Å². The fourth-order valence-corrected chi connectivity index (χ4v) is 4.66. The van der Waals surface area contributed by atoms with Crippen LogP contribution >= 0.6 is 0 Å². The van der Waals surface area contributed by atoms with E-state index in [4.69, 9.17) is 0 Å². The molecule has 21 heavy (non-hydrogen) atoms. The summed E-state index contributed by atoms with van der Waals surface area (Å²) in [4.78, 5) is 2.59. The lowest BCUT2D eigenvalue weighted by Gasteiger charge is -2.51. The molecule has 1 saturated heterocycles. The van der Waals surface area contributed by atoms with Crippen LogP contribution < -0.4 is 5.32 Å². The molecule has 6 unspecified atom stereocenters. The summed E-state index contributed by atoms with van der Waals surface area (Å²) in [6.07, 6.45) is 3.92. The molecule has 2 heteroatoms. The first kappa shape index (κ1) is 19.0. The molecule has 1 rings (SSSR count). The minimum atomic E-state index is 0.439. The number of likely N-dealkylation sites (tertiary alicyclic amines) is 1. The zero-order chi connectivity index (χ0) is 16.4. The highest BCUT2D eigenvalue weighted by atomic mass is 15.2. The lowest BCUT2D eigenvalue weighted by atomic mass is 9.57. The van der Waals surface area contributed by atoms with E-state index in [0.29, 0.717) is 23.5 Å². The van der Waals surface area contributed by atoms with Gasteiger partial charge < -0.3 is 10.2 Å². The fourth-order valence-electron chi connectivity index (χ4n) is 4.66. The van der Waals surface area contributed by atoms with Crippen LogP contribution in [0.4, 0.5) is 0 Å². The number of hydrogen-bond acceptors (Lipinski definition) is 2. The van der Waals surface area contributed by atoms with E-state index in [9.17, 15) is 0 Å². The molecule has 1 aliphatic rings. The zero-order valence-corrected chi connectivity index (χ0v) is 16.0. The second-order valence-corrected chi connectivity index (χ2v) is 8.33. The van der Waals surface area contributed by atoms with E-state index in [-0.39, 0.29) is 0 Å². The first-order valence-electron chi connectivity index (χ1n) is 9.03. The monoisotopic (exact) mass is 296 g/mol. The highest BCUT2D eigenvalue weighted by molar-refractivity contribution is 4.95. The molecular weight excluding hydrogens is 256 g/mol. The first-order valence-corrected chi connectivity index (χ1v) is 9.03. The SMILES string of the molecule is CNC(C)CC(C)C1(C)C(C)CC(C)N(C)C(C)CC1C. The van der Waals surface area contributed by atoms with Crippen LogP contribution in [0.2, 0.25) is 0 Å². The topological polar surface area (TPSA) is 15.3 Å². The quantitative estimate of drug-likeness (QED) is 0.827. The van der Waals surface area contributed by atoms with Crippen LogP contribution in [-0.2, 0) is 0 Å². The third-order valence-corrected chi connectivity index (χ3v) is 7.17. The van der Waals surface area contributed by atoms with Crippen LogP contribution in [0, 0.1) is 23.2 Å². The van der Waals surface area contributed by atoms with Crippen molar-refractivity contribution in [2.75, 3.05) is 14.1 Å². The average molecular weight is 297 g/mol. The van der Waals surface area contributed by atoms with Crippen molar-refractivity contribution in [3.05, 3.63) is 0 Å². The minimum absolute atomic E-state index is 0.439. The van der Waals surface area contributed by atoms with Gasteiger partial charge in [-0.25, -0.2) is 0 Å². The minimum Gasteiger partial charge on any atom is -0.317 e. The molecule has 1 N–H and O–H groups in total. The third-order valence-electron chi connectivity index (χ3n) is 7.17. The standard InChI is InChI=1S/C19H40N2/c1-13(10-16(4)20-8)19(7)14(2)11-17(5)21(9)18(6)12-15(19)3/h13-18,20H,10-12H2,1-9H3. The number of nitrogens with one attached hydrogen (secondary N) is 1. The molecule has 126 valence electrons. The van der Waals surface area contributed by atoms with Crippen LogP contribution in [0.5, 0.6) is 0 Å². The van der Waals surface area contributed by atoms with E-state index < -0.39 is 0 Å². The molecule has 0 aromatic rings. The molecule has 0 saturated carbocycles. The van der Waals surface area contributed by atoms with Gasteiger partial charge in [0.25, 0.3) is 0 Å². The van der Waals surface area contributed by atoms with Crippen LogP contribution in [0.3, 0.4) is 0 Å². The summed E-state index contributed by atoms with van der Waals surface area (Å²) in [5.74, 6) is 2.31. The maximum Gasteiger partial charge on any atom is 0.00694 e. The molecule has 6 atom stereocenters. The van der Waals surface area contributed by atoms with E-state index in [1.54, 1.807) is 0 Å². The van der Waals surface area contributed by atoms with Gasteiger partial charge in [-0.05, 0) is 77.3 Å². The highest BCUT2D eigenvalue weighted by Gasteiger charge is 2.44. The van der Waals surface area contributed by atoms with Gasteiger partial charge in [0.15, 0.2) is 0 Å². The Morgan fingerprint density at radius 1 is 1.05 bits per heavy atom. The number of nitrogens with zero attached hydrogens (tertiary/aromatic N) is 1. The molecule has 0 radical (unpaired) electrons. The molecule has 1 aliphatic heterocycles. The van der Waals surface area contributed by atoms with Gasteiger partial charge in [-0.3, -0.25) is 0 Å². The van der Waals surface area contributed by atoms with Crippen molar-refractivity contribution in [2.24, 2.45) is 23.2 Å². The van der Waals surface area contributed by atoms with E-state index in [1.807, 2.05) is 0 Å². The second-order valence-electron chi connectivity index (χ2n) is 8.33. The fraction of sp³-hybridized carbons (Fsp3) is 1.00. The van der Waals surface area contributed by atoms with E-state index in [1.165, 1.54) is 19.3 Å². The van der Waals surface area contributed by atoms with Crippen LogP contribution in [-0.4, -0.2) is 37.1 Å². The van der Waals surface area contributed by atoms with Gasteiger partial charge in [0.1, 0.15) is 0 Å². The summed E-state index contributed by atoms with van der Waals surface area (Å²) < 4.78 is 0. The predicted molar refractivity (Wildman–Crippen MR) is 94.7 cm³/mol. The lowest BCUT2D eigenvalue weighted by molar-refractivity contribution is -0.0206. The van der Waals surface area contributed by atoms with Crippen molar-refractivity contribution < 1.29 is 0 Å². The Morgan fingerprint density at radius 3 is 1.86 bits per heavy atom. The maximum absolute atomic E-state index is 3.43. The van der Waals surface area contributed by atoms with Gasteiger partial charge in [0, 0.05) is 18.1 Å². The Bertz CT molecular complexity index is 288. The summed E-state index contributed by atoms with van der Waals surface area (Å²) >= 11 is 0. The molecule has 0 aromatic carbocycles. The lowest BCUT2D eigenvalue weighted by Crippen LogP contribution is -2.49. The average Bonchev–Trinajstić information content (AvgIpc) is 2.43. The molecule has 0 bridgehead atoms. The Balaban J connectivity index is 2.99.